The van der Waals surface area contributed by atoms with Crippen molar-refractivity contribution < 1.29 is 28.1 Å². The van der Waals surface area contributed by atoms with Crippen molar-refractivity contribution in [3.63, 3.8) is 0 Å². The van der Waals surface area contributed by atoms with Crippen LogP contribution in [0.3, 0.4) is 0 Å². The fourth-order valence-corrected chi connectivity index (χ4v) is 3.54. The molecule has 0 aromatic carbocycles. The predicted octanol–water partition coefficient (Wildman–Crippen LogP) is 1.48. The van der Waals surface area contributed by atoms with E-state index >= 15 is 0 Å². The molecule has 1 atom stereocenters. The van der Waals surface area contributed by atoms with Crippen LogP contribution in [-0.2, 0) is 22.6 Å². The second-order valence-electron chi connectivity index (χ2n) is 8.47. The Hall–Kier alpha value is -2.58. The van der Waals surface area contributed by atoms with Crippen molar-refractivity contribution in [2.45, 2.75) is 46.3 Å². The molecule has 0 spiro atoms. The molecule has 31 heavy (non-hydrogen) atoms. The molecule has 8 heteroatoms. The molecule has 170 valence electrons. The van der Waals surface area contributed by atoms with Gasteiger partial charge in [-0.15, -0.1) is 0 Å². The van der Waals surface area contributed by atoms with Crippen LogP contribution < -0.4 is 10.2 Å². The van der Waals surface area contributed by atoms with E-state index in [2.05, 4.69) is 19.2 Å². The van der Waals surface area contributed by atoms with Crippen LogP contribution in [0, 0.1) is 5.92 Å². The molecule has 0 aliphatic carbocycles. The van der Waals surface area contributed by atoms with E-state index in [0.717, 1.165) is 38.5 Å². The summed E-state index contributed by atoms with van der Waals surface area (Å²) in [5.74, 6) is 1.57. The molecular formula is C23H34N3O5+. The van der Waals surface area contributed by atoms with E-state index in [9.17, 15) is 9.59 Å². The average molecular weight is 433 g/mol. The van der Waals surface area contributed by atoms with Crippen LogP contribution in [0.25, 0.3) is 0 Å². The summed E-state index contributed by atoms with van der Waals surface area (Å²) in [6.45, 7) is 10.7. The number of furan rings is 2. The summed E-state index contributed by atoms with van der Waals surface area (Å²) in [5.41, 5.74) is 0. The van der Waals surface area contributed by atoms with Gasteiger partial charge in [-0.1, -0.05) is 13.8 Å². The molecule has 1 fully saturated rings. The Morgan fingerprint density at radius 1 is 1.13 bits per heavy atom. The van der Waals surface area contributed by atoms with Gasteiger partial charge in [-0.3, -0.25) is 9.59 Å². The first-order valence-corrected chi connectivity index (χ1v) is 11.0. The Labute approximate surface area is 183 Å². The number of rotatable bonds is 10. The first-order valence-electron chi connectivity index (χ1n) is 11.0. The molecular weight excluding hydrogens is 398 g/mol. The average Bonchev–Trinajstić information content (AvgIpc) is 3.43. The van der Waals surface area contributed by atoms with Gasteiger partial charge in [0.2, 0.25) is 5.91 Å². The molecule has 3 heterocycles. The summed E-state index contributed by atoms with van der Waals surface area (Å²) in [6.07, 6.45) is 2.44. The highest BCUT2D eigenvalue weighted by atomic mass is 16.5. The molecule has 2 amide bonds. The largest absolute Gasteiger partial charge is 0.467 e. The van der Waals surface area contributed by atoms with Crippen LogP contribution in [0.1, 0.15) is 49.3 Å². The van der Waals surface area contributed by atoms with Crippen molar-refractivity contribution in [3.05, 3.63) is 47.8 Å². The topological polar surface area (TPSA) is 89.4 Å². The third kappa shape index (κ3) is 6.70. The highest BCUT2D eigenvalue weighted by Gasteiger charge is 2.30. The van der Waals surface area contributed by atoms with E-state index in [1.807, 2.05) is 6.07 Å². The first-order chi connectivity index (χ1) is 14.9. The third-order valence-electron chi connectivity index (χ3n) is 5.53. The Morgan fingerprint density at radius 2 is 1.90 bits per heavy atom. The standard InChI is InChI=1S/C23H33N3O5/c1-17(2)8-9-24-22(27)18(3)26(16-19-5-4-12-30-19)23(28)21-7-6-20(31-21)15-25-10-13-29-14-11-25/h4-7,12,17-18H,8-11,13-16H2,1-3H3,(H,24,27)/p+1/t18-/m0/s1. The van der Waals surface area contributed by atoms with Gasteiger partial charge in [0.25, 0.3) is 5.91 Å². The lowest BCUT2D eigenvalue weighted by molar-refractivity contribution is -0.922. The van der Waals surface area contributed by atoms with E-state index < -0.39 is 6.04 Å². The number of carbonyl (C=O) groups is 2. The SMILES string of the molecule is CC(C)CCNC(=O)[C@H](C)N(Cc1ccco1)C(=O)c1ccc(C[NH+]2CCOCC2)o1. The third-order valence-corrected chi connectivity index (χ3v) is 5.53. The van der Waals surface area contributed by atoms with Crippen LogP contribution in [0.2, 0.25) is 0 Å². The zero-order valence-corrected chi connectivity index (χ0v) is 18.7. The Bertz CT molecular complexity index is 824. The van der Waals surface area contributed by atoms with Gasteiger partial charge in [0.15, 0.2) is 11.5 Å². The number of nitrogens with zero attached hydrogens (tertiary/aromatic N) is 1. The van der Waals surface area contributed by atoms with Gasteiger partial charge in [-0.05, 0) is 43.5 Å². The fraction of sp³-hybridized carbons (Fsp3) is 0.565. The van der Waals surface area contributed by atoms with Crippen molar-refractivity contribution >= 4 is 11.8 Å². The number of quaternary nitrogens is 1. The van der Waals surface area contributed by atoms with Crippen molar-refractivity contribution in [1.82, 2.24) is 10.2 Å². The summed E-state index contributed by atoms with van der Waals surface area (Å²) in [6, 6.07) is 6.42. The second kappa shape index (κ2) is 11.2. The Balaban J connectivity index is 1.69. The number of amides is 2. The van der Waals surface area contributed by atoms with Gasteiger partial charge in [-0.25, -0.2) is 0 Å². The van der Waals surface area contributed by atoms with Crippen LogP contribution >= 0.6 is 0 Å². The van der Waals surface area contributed by atoms with Crippen molar-refractivity contribution in [2.24, 2.45) is 5.92 Å². The zero-order valence-electron chi connectivity index (χ0n) is 18.7. The van der Waals surface area contributed by atoms with Gasteiger partial charge >= 0.3 is 0 Å². The minimum Gasteiger partial charge on any atom is -0.467 e. The molecule has 2 N–H and O–H groups in total. The van der Waals surface area contributed by atoms with E-state index in [1.54, 1.807) is 31.4 Å². The summed E-state index contributed by atoms with van der Waals surface area (Å²) in [5, 5.41) is 2.93. The smallest absolute Gasteiger partial charge is 0.290 e. The molecule has 0 saturated carbocycles. The lowest BCUT2D eigenvalue weighted by Gasteiger charge is -2.27. The van der Waals surface area contributed by atoms with Crippen LogP contribution in [0.5, 0.6) is 0 Å². The number of carbonyl (C=O) groups excluding carboxylic acids is 2. The van der Waals surface area contributed by atoms with Gasteiger partial charge in [0.1, 0.15) is 31.4 Å². The van der Waals surface area contributed by atoms with Crippen molar-refractivity contribution in [1.29, 1.82) is 0 Å². The molecule has 1 saturated heterocycles. The molecule has 2 aromatic heterocycles. The fourth-order valence-electron chi connectivity index (χ4n) is 3.54. The number of morpholine rings is 1. The Kier molecular flexibility index (Phi) is 8.31. The van der Waals surface area contributed by atoms with E-state index in [-0.39, 0.29) is 24.1 Å². The predicted molar refractivity (Wildman–Crippen MR) is 114 cm³/mol. The maximum absolute atomic E-state index is 13.3. The maximum atomic E-state index is 13.3. The van der Waals surface area contributed by atoms with E-state index in [4.69, 9.17) is 13.6 Å². The summed E-state index contributed by atoms with van der Waals surface area (Å²) >= 11 is 0. The summed E-state index contributed by atoms with van der Waals surface area (Å²) < 4.78 is 16.7. The highest BCUT2D eigenvalue weighted by molar-refractivity contribution is 5.95. The van der Waals surface area contributed by atoms with Gasteiger partial charge < -0.3 is 28.7 Å². The molecule has 1 aliphatic rings. The van der Waals surface area contributed by atoms with Crippen LogP contribution in [0.4, 0.5) is 0 Å². The molecule has 8 nitrogen and oxygen atoms in total. The minimum absolute atomic E-state index is 0.190. The molecule has 0 bridgehead atoms. The van der Waals surface area contributed by atoms with Gasteiger partial charge in [-0.2, -0.15) is 0 Å². The summed E-state index contributed by atoms with van der Waals surface area (Å²) in [4.78, 5) is 28.9. The highest BCUT2D eigenvalue weighted by Crippen LogP contribution is 2.16. The number of hydrogen-bond donors (Lipinski definition) is 2. The van der Waals surface area contributed by atoms with E-state index in [0.29, 0.717) is 24.8 Å². The number of nitrogens with one attached hydrogen (secondary N) is 2. The first kappa shape index (κ1) is 23.1. The van der Waals surface area contributed by atoms with Crippen LogP contribution in [-0.4, -0.2) is 55.6 Å². The maximum Gasteiger partial charge on any atom is 0.290 e. The van der Waals surface area contributed by atoms with E-state index in [1.165, 1.54) is 9.80 Å². The monoisotopic (exact) mass is 432 g/mol. The van der Waals surface area contributed by atoms with Crippen molar-refractivity contribution in [3.8, 4) is 0 Å². The van der Waals surface area contributed by atoms with Crippen molar-refractivity contribution in [2.75, 3.05) is 32.8 Å². The summed E-state index contributed by atoms with van der Waals surface area (Å²) in [7, 11) is 0. The molecule has 3 rings (SSSR count). The molecule has 0 unspecified atom stereocenters. The molecule has 1 aliphatic heterocycles. The molecule has 0 radical (unpaired) electrons. The lowest BCUT2D eigenvalue weighted by Crippen LogP contribution is -3.12. The van der Waals surface area contributed by atoms with Gasteiger partial charge in [0, 0.05) is 6.54 Å². The second-order valence-corrected chi connectivity index (χ2v) is 8.47. The zero-order chi connectivity index (χ0) is 22.2. The number of hydrogen-bond acceptors (Lipinski definition) is 5. The normalized spacial score (nSPS) is 15.7. The van der Waals surface area contributed by atoms with Gasteiger partial charge in [0.05, 0.1) is 26.0 Å². The lowest BCUT2D eigenvalue weighted by atomic mass is 10.1. The van der Waals surface area contributed by atoms with Crippen LogP contribution in [0.15, 0.2) is 39.4 Å². The molecule has 2 aromatic rings. The number of ether oxygens (including phenoxy) is 1. The quantitative estimate of drug-likeness (QED) is 0.594. The Morgan fingerprint density at radius 3 is 2.58 bits per heavy atom. The minimum atomic E-state index is -0.664.